The van der Waals surface area contributed by atoms with Gasteiger partial charge >= 0.3 is 0 Å². The molecular weight excluding hydrogens is 334 g/mol. The molecule has 26 heavy (non-hydrogen) atoms. The second kappa shape index (κ2) is 6.16. The Morgan fingerprint density at radius 2 is 2.19 bits per heavy atom. The average Bonchev–Trinajstić information content (AvgIpc) is 3.29. The van der Waals surface area contributed by atoms with Crippen molar-refractivity contribution in [1.82, 2.24) is 10.3 Å². The van der Waals surface area contributed by atoms with Crippen LogP contribution in [0.2, 0.25) is 0 Å². The molecule has 0 spiro atoms. The van der Waals surface area contributed by atoms with E-state index in [1.54, 1.807) is 24.4 Å². The molecule has 7 heteroatoms. The molecule has 1 saturated carbocycles. The van der Waals surface area contributed by atoms with Gasteiger partial charge in [0.05, 0.1) is 18.7 Å². The highest BCUT2D eigenvalue weighted by Crippen LogP contribution is 2.54. The van der Waals surface area contributed by atoms with Crippen molar-refractivity contribution in [3.63, 3.8) is 0 Å². The summed E-state index contributed by atoms with van der Waals surface area (Å²) >= 11 is 0. The van der Waals surface area contributed by atoms with Gasteiger partial charge in [-0.2, -0.15) is 0 Å². The van der Waals surface area contributed by atoms with Gasteiger partial charge in [0.15, 0.2) is 0 Å². The van der Waals surface area contributed by atoms with Crippen molar-refractivity contribution in [3.05, 3.63) is 30.0 Å². The van der Waals surface area contributed by atoms with Crippen LogP contribution in [0.4, 0.5) is 0 Å². The summed E-state index contributed by atoms with van der Waals surface area (Å²) in [5.74, 6) is 1.38. The molecule has 4 rings (SSSR count). The van der Waals surface area contributed by atoms with Crippen molar-refractivity contribution in [1.29, 1.82) is 0 Å². The zero-order chi connectivity index (χ0) is 18.4. The Hall–Kier alpha value is -2.83. The van der Waals surface area contributed by atoms with Gasteiger partial charge < -0.3 is 20.5 Å². The molecule has 2 aliphatic rings. The number of piperidine rings is 1. The Kier molecular flexibility index (Phi) is 3.94. The smallest absolute Gasteiger partial charge is 0.252 e. The normalized spacial score (nSPS) is 26.3. The first kappa shape index (κ1) is 16.6. The summed E-state index contributed by atoms with van der Waals surface area (Å²) in [6.45, 7) is 2.48. The van der Waals surface area contributed by atoms with Crippen molar-refractivity contribution in [2.45, 2.75) is 19.4 Å². The van der Waals surface area contributed by atoms with Gasteiger partial charge in [-0.25, -0.2) is 4.98 Å². The monoisotopic (exact) mass is 355 g/mol. The van der Waals surface area contributed by atoms with Gasteiger partial charge in [0.25, 0.3) is 5.91 Å². The summed E-state index contributed by atoms with van der Waals surface area (Å²) in [6.07, 6.45) is 2.63. The summed E-state index contributed by atoms with van der Waals surface area (Å²) in [7, 11) is 1.48. The molecule has 1 saturated heterocycles. The van der Waals surface area contributed by atoms with Crippen LogP contribution in [-0.2, 0) is 4.79 Å². The summed E-state index contributed by atoms with van der Waals surface area (Å²) in [5.41, 5.74) is 5.73. The Balaban J connectivity index is 1.59. The quantitative estimate of drug-likeness (QED) is 0.817. The molecule has 1 unspecified atom stereocenters. The summed E-state index contributed by atoms with van der Waals surface area (Å²) in [4.78, 5) is 27.9. The van der Waals surface area contributed by atoms with Crippen LogP contribution in [0.1, 0.15) is 23.7 Å². The van der Waals surface area contributed by atoms with E-state index in [1.165, 1.54) is 7.11 Å². The number of aromatic nitrogens is 1. The molecule has 0 bridgehead atoms. The number of fused-ring (bicyclic) bond motifs is 2. The molecule has 4 atom stereocenters. The van der Waals surface area contributed by atoms with Crippen LogP contribution in [0, 0.1) is 17.8 Å². The molecule has 1 aromatic heterocycles. The van der Waals surface area contributed by atoms with Gasteiger partial charge in [-0.05, 0) is 35.4 Å². The standard InChI is InChI=1S/C19H21N3O4/c1-3-10-15-13(22-18(24)16(10)15)8-26-19-11-7-14(25-2)12(17(20)23)6-9(11)4-5-21-19/h4-7,10,13,15-16H,3,8H2,1-2H3,(H2,20,23)(H,22,24)/t10-,13+,15?,16+/m0/s1. The first-order chi connectivity index (χ1) is 12.5. The fourth-order valence-electron chi connectivity index (χ4n) is 4.19. The molecule has 2 aromatic rings. The molecule has 1 aromatic carbocycles. The Bertz CT molecular complexity index is 898. The predicted molar refractivity (Wildman–Crippen MR) is 95.0 cm³/mol. The highest BCUT2D eigenvalue weighted by atomic mass is 16.5. The van der Waals surface area contributed by atoms with Gasteiger partial charge in [0, 0.05) is 17.5 Å². The lowest BCUT2D eigenvalue weighted by Gasteiger charge is -2.17. The first-order valence-electron chi connectivity index (χ1n) is 8.74. The lowest BCUT2D eigenvalue weighted by Crippen LogP contribution is -2.37. The van der Waals surface area contributed by atoms with E-state index in [0.717, 1.165) is 17.2 Å². The maximum Gasteiger partial charge on any atom is 0.252 e. The van der Waals surface area contributed by atoms with Gasteiger partial charge in [-0.15, -0.1) is 0 Å². The van der Waals surface area contributed by atoms with Crippen molar-refractivity contribution >= 4 is 22.6 Å². The number of hydrogen-bond acceptors (Lipinski definition) is 5. The third-order valence-corrected chi connectivity index (χ3v) is 5.51. The molecule has 7 nitrogen and oxygen atoms in total. The van der Waals surface area contributed by atoms with Gasteiger partial charge in [-0.1, -0.05) is 13.3 Å². The van der Waals surface area contributed by atoms with Crippen molar-refractivity contribution in [2.75, 3.05) is 13.7 Å². The number of hydrogen-bond donors (Lipinski definition) is 2. The van der Waals surface area contributed by atoms with Gasteiger partial charge in [0.1, 0.15) is 12.4 Å². The van der Waals surface area contributed by atoms with Crippen LogP contribution in [0.5, 0.6) is 11.6 Å². The highest BCUT2D eigenvalue weighted by molar-refractivity contribution is 6.01. The van der Waals surface area contributed by atoms with Crippen molar-refractivity contribution in [2.24, 2.45) is 23.5 Å². The Morgan fingerprint density at radius 3 is 2.85 bits per heavy atom. The van der Waals surface area contributed by atoms with Crippen LogP contribution in [0.15, 0.2) is 24.4 Å². The summed E-state index contributed by atoms with van der Waals surface area (Å²) < 4.78 is 11.2. The van der Waals surface area contributed by atoms with E-state index in [9.17, 15) is 9.59 Å². The summed E-state index contributed by atoms with van der Waals surface area (Å²) in [6, 6.07) is 5.18. The summed E-state index contributed by atoms with van der Waals surface area (Å²) in [5, 5.41) is 4.53. The number of nitrogens with zero attached hydrogens (tertiary/aromatic N) is 1. The average molecular weight is 355 g/mol. The number of methoxy groups -OCH3 is 1. The number of carbonyl (C=O) groups excluding carboxylic acids is 2. The van der Waals surface area contributed by atoms with E-state index in [4.69, 9.17) is 15.2 Å². The number of benzene rings is 1. The topological polar surface area (TPSA) is 104 Å². The molecule has 2 fully saturated rings. The second-order valence-electron chi connectivity index (χ2n) is 6.86. The van der Waals surface area contributed by atoms with Crippen LogP contribution in [0.3, 0.4) is 0 Å². The number of primary amides is 1. The number of ether oxygens (including phenoxy) is 2. The van der Waals surface area contributed by atoms with Crippen LogP contribution in [0.25, 0.3) is 10.8 Å². The number of amides is 2. The number of pyridine rings is 1. The van der Waals surface area contributed by atoms with E-state index in [0.29, 0.717) is 35.6 Å². The largest absolute Gasteiger partial charge is 0.496 e. The molecule has 1 aliphatic carbocycles. The third-order valence-electron chi connectivity index (χ3n) is 5.51. The van der Waals surface area contributed by atoms with Crippen LogP contribution in [-0.4, -0.2) is 36.6 Å². The van der Waals surface area contributed by atoms with E-state index < -0.39 is 5.91 Å². The Labute approximate surface area is 150 Å². The minimum Gasteiger partial charge on any atom is -0.496 e. The zero-order valence-corrected chi connectivity index (χ0v) is 14.7. The molecule has 2 amide bonds. The minimum absolute atomic E-state index is 0.0151. The molecule has 2 heterocycles. The predicted octanol–water partition coefficient (Wildman–Crippen LogP) is 1.49. The van der Waals surface area contributed by atoms with Crippen molar-refractivity contribution < 1.29 is 19.1 Å². The molecule has 1 aliphatic heterocycles. The number of rotatable bonds is 6. The molecular formula is C19H21N3O4. The first-order valence-corrected chi connectivity index (χ1v) is 8.74. The lowest BCUT2D eigenvalue weighted by atomic mass is 10.1. The number of carbonyl (C=O) groups is 2. The number of nitrogens with two attached hydrogens (primary N) is 1. The van der Waals surface area contributed by atoms with E-state index in [1.807, 2.05) is 0 Å². The Morgan fingerprint density at radius 1 is 1.38 bits per heavy atom. The van der Waals surface area contributed by atoms with Gasteiger partial charge in [-0.3, -0.25) is 9.59 Å². The molecule has 136 valence electrons. The van der Waals surface area contributed by atoms with E-state index in [-0.39, 0.29) is 17.9 Å². The van der Waals surface area contributed by atoms with E-state index >= 15 is 0 Å². The molecule has 3 N–H and O–H groups in total. The second-order valence-corrected chi connectivity index (χ2v) is 6.86. The van der Waals surface area contributed by atoms with Crippen molar-refractivity contribution in [3.8, 4) is 11.6 Å². The fraction of sp³-hybridized carbons (Fsp3) is 0.421. The molecule has 0 radical (unpaired) electrons. The lowest BCUT2D eigenvalue weighted by molar-refractivity contribution is -0.121. The third kappa shape index (κ3) is 2.55. The highest BCUT2D eigenvalue weighted by Gasteiger charge is 2.62. The number of nitrogens with one attached hydrogen (secondary N) is 1. The maximum atomic E-state index is 12.0. The SMILES string of the molecule is CC[C@H]1C2[C@@H](COc3nccc4cc(C(N)=O)c(OC)cc34)NC(=O)[C@@H]21. The fourth-order valence-corrected chi connectivity index (χ4v) is 4.19. The van der Waals surface area contributed by atoms with Gasteiger partial charge in [0.2, 0.25) is 11.8 Å². The van der Waals surface area contributed by atoms with Crippen LogP contribution >= 0.6 is 0 Å². The minimum atomic E-state index is -0.554. The zero-order valence-electron chi connectivity index (χ0n) is 14.7. The van der Waals surface area contributed by atoms with E-state index in [2.05, 4.69) is 17.2 Å². The maximum absolute atomic E-state index is 12.0. The van der Waals surface area contributed by atoms with Crippen LogP contribution < -0.4 is 20.5 Å².